The van der Waals surface area contributed by atoms with Crippen LogP contribution in [-0.2, 0) is 6.54 Å². The lowest BCUT2D eigenvalue weighted by Gasteiger charge is -2.47. The fraction of sp³-hybridized carbons (Fsp3) is 0.786. The van der Waals surface area contributed by atoms with Crippen LogP contribution in [0.25, 0.3) is 0 Å². The van der Waals surface area contributed by atoms with Crippen molar-refractivity contribution in [2.75, 3.05) is 18.0 Å². The molecule has 1 aliphatic heterocycles. The molecule has 2 heterocycles. The number of nitrogens with zero attached hydrogens (tertiary/aromatic N) is 3. The predicted molar refractivity (Wildman–Crippen MR) is 76.0 cm³/mol. The molecular formula is C14H26N4. The van der Waals surface area contributed by atoms with E-state index in [1.54, 1.807) is 0 Å². The zero-order chi connectivity index (χ0) is 13.2. The molecule has 1 N–H and O–H groups in total. The van der Waals surface area contributed by atoms with Gasteiger partial charge in [0.05, 0.1) is 11.9 Å². The van der Waals surface area contributed by atoms with Gasteiger partial charge >= 0.3 is 0 Å². The smallest absolute Gasteiger partial charge is 0.0755 e. The summed E-state index contributed by atoms with van der Waals surface area (Å²) in [6.07, 6.45) is 6.52. The summed E-state index contributed by atoms with van der Waals surface area (Å²) in [6.45, 7) is 12.0. The predicted octanol–water partition coefficient (Wildman–Crippen LogP) is 2.26. The van der Waals surface area contributed by atoms with Crippen LogP contribution in [0.1, 0.15) is 40.5 Å². The van der Waals surface area contributed by atoms with Crippen molar-refractivity contribution in [1.82, 2.24) is 15.1 Å². The molecule has 2 rings (SSSR count). The van der Waals surface area contributed by atoms with Crippen LogP contribution < -0.4 is 10.2 Å². The lowest BCUT2D eigenvalue weighted by molar-refractivity contribution is 0.254. The standard InChI is InChI=1S/C14H26N4/c1-5-14(6-2)11-18(12(4)8-15-14)13-9-16-17(7-3)10-13/h9-10,12,15H,5-8,11H2,1-4H3. The average molecular weight is 250 g/mol. The minimum absolute atomic E-state index is 0.265. The van der Waals surface area contributed by atoms with Crippen molar-refractivity contribution in [3.63, 3.8) is 0 Å². The second-order valence-electron chi connectivity index (χ2n) is 5.40. The van der Waals surface area contributed by atoms with E-state index in [2.05, 4.69) is 49.2 Å². The maximum absolute atomic E-state index is 4.40. The first-order valence-electron chi connectivity index (χ1n) is 7.18. The van der Waals surface area contributed by atoms with Crippen LogP contribution in [0.15, 0.2) is 12.4 Å². The van der Waals surface area contributed by atoms with E-state index in [-0.39, 0.29) is 5.54 Å². The van der Waals surface area contributed by atoms with Gasteiger partial charge in [0.2, 0.25) is 0 Å². The van der Waals surface area contributed by atoms with Gasteiger partial charge in [-0.25, -0.2) is 0 Å². The highest BCUT2D eigenvalue weighted by molar-refractivity contribution is 5.45. The Morgan fingerprint density at radius 2 is 2.11 bits per heavy atom. The molecule has 102 valence electrons. The van der Waals surface area contributed by atoms with Gasteiger partial charge in [-0.2, -0.15) is 5.10 Å². The average Bonchev–Trinajstić information content (AvgIpc) is 2.88. The molecule has 1 atom stereocenters. The van der Waals surface area contributed by atoms with Gasteiger partial charge in [-0.1, -0.05) is 13.8 Å². The molecule has 0 spiro atoms. The van der Waals surface area contributed by atoms with Gasteiger partial charge in [0.15, 0.2) is 0 Å². The van der Waals surface area contributed by atoms with Crippen molar-refractivity contribution in [2.24, 2.45) is 0 Å². The Balaban J connectivity index is 2.19. The molecule has 0 saturated carbocycles. The highest BCUT2D eigenvalue weighted by Crippen LogP contribution is 2.27. The van der Waals surface area contributed by atoms with E-state index in [4.69, 9.17) is 0 Å². The minimum atomic E-state index is 0.265. The molecule has 0 radical (unpaired) electrons. The van der Waals surface area contributed by atoms with Crippen molar-refractivity contribution in [3.8, 4) is 0 Å². The van der Waals surface area contributed by atoms with Crippen molar-refractivity contribution >= 4 is 5.69 Å². The van der Waals surface area contributed by atoms with Crippen LogP contribution >= 0.6 is 0 Å². The Hall–Kier alpha value is -1.03. The number of aromatic nitrogens is 2. The van der Waals surface area contributed by atoms with Crippen LogP contribution in [-0.4, -0.2) is 34.5 Å². The first-order valence-corrected chi connectivity index (χ1v) is 7.18. The number of anilines is 1. The summed E-state index contributed by atoms with van der Waals surface area (Å²) in [6, 6.07) is 0.533. The van der Waals surface area contributed by atoms with Gasteiger partial charge < -0.3 is 10.2 Å². The maximum atomic E-state index is 4.40. The highest BCUT2D eigenvalue weighted by atomic mass is 15.3. The topological polar surface area (TPSA) is 33.1 Å². The van der Waals surface area contributed by atoms with Crippen LogP contribution in [0.2, 0.25) is 0 Å². The third kappa shape index (κ3) is 2.39. The summed E-state index contributed by atoms with van der Waals surface area (Å²) in [5.41, 5.74) is 1.53. The summed E-state index contributed by atoms with van der Waals surface area (Å²) >= 11 is 0. The Morgan fingerprint density at radius 1 is 1.39 bits per heavy atom. The molecule has 18 heavy (non-hydrogen) atoms. The third-order valence-corrected chi connectivity index (χ3v) is 4.41. The first kappa shape index (κ1) is 13.4. The zero-order valence-electron chi connectivity index (χ0n) is 12.1. The molecule has 0 amide bonds. The van der Waals surface area contributed by atoms with E-state index in [1.807, 2.05) is 10.9 Å². The van der Waals surface area contributed by atoms with Gasteiger partial charge in [-0.3, -0.25) is 4.68 Å². The highest BCUT2D eigenvalue weighted by Gasteiger charge is 2.35. The van der Waals surface area contributed by atoms with Crippen LogP contribution in [0.4, 0.5) is 5.69 Å². The molecule has 0 aromatic carbocycles. The van der Waals surface area contributed by atoms with E-state index in [0.717, 1.165) is 19.6 Å². The molecule has 1 saturated heterocycles. The molecular weight excluding hydrogens is 224 g/mol. The Bertz CT molecular complexity index is 381. The maximum Gasteiger partial charge on any atom is 0.0755 e. The second kappa shape index (κ2) is 5.31. The van der Waals surface area contributed by atoms with Crippen molar-refractivity contribution in [3.05, 3.63) is 12.4 Å². The Labute approximate surface area is 110 Å². The number of nitrogens with one attached hydrogen (secondary N) is 1. The lowest BCUT2D eigenvalue weighted by atomic mass is 9.88. The van der Waals surface area contributed by atoms with Gasteiger partial charge in [0, 0.05) is 37.4 Å². The van der Waals surface area contributed by atoms with E-state index in [1.165, 1.54) is 18.5 Å². The van der Waals surface area contributed by atoms with Gasteiger partial charge in [-0.15, -0.1) is 0 Å². The second-order valence-corrected chi connectivity index (χ2v) is 5.40. The molecule has 0 bridgehead atoms. The largest absolute Gasteiger partial charge is 0.363 e. The molecule has 0 aliphatic carbocycles. The summed E-state index contributed by atoms with van der Waals surface area (Å²) in [5.74, 6) is 0. The van der Waals surface area contributed by atoms with Gasteiger partial charge in [0.1, 0.15) is 0 Å². The van der Waals surface area contributed by atoms with Gasteiger partial charge in [0.25, 0.3) is 0 Å². The molecule has 1 aromatic heterocycles. The van der Waals surface area contributed by atoms with Crippen molar-refractivity contribution in [2.45, 2.75) is 58.7 Å². The van der Waals surface area contributed by atoms with Crippen LogP contribution in [0.3, 0.4) is 0 Å². The number of piperazine rings is 1. The number of rotatable bonds is 4. The number of aryl methyl sites for hydroxylation is 1. The van der Waals surface area contributed by atoms with E-state index in [9.17, 15) is 0 Å². The third-order valence-electron chi connectivity index (χ3n) is 4.41. The molecule has 1 unspecified atom stereocenters. The van der Waals surface area contributed by atoms with Crippen LogP contribution in [0.5, 0.6) is 0 Å². The summed E-state index contributed by atoms with van der Waals surface area (Å²) in [5, 5.41) is 8.13. The normalized spacial score (nSPS) is 23.3. The monoisotopic (exact) mass is 250 g/mol. The van der Waals surface area contributed by atoms with E-state index in [0.29, 0.717) is 6.04 Å². The quantitative estimate of drug-likeness (QED) is 0.890. The number of hydrogen-bond donors (Lipinski definition) is 1. The number of hydrogen-bond acceptors (Lipinski definition) is 3. The van der Waals surface area contributed by atoms with Gasteiger partial charge in [-0.05, 0) is 26.7 Å². The Morgan fingerprint density at radius 3 is 2.67 bits per heavy atom. The lowest BCUT2D eigenvalue weighted by Crippen LogP contribution is -2.63. The van der Waals surface area contributed by atoms with E-state index >= 15 is 0 Å². The molecule has 4 nitrogen and oxygen atoms in total. The SMILES string of the molecule is CCn1cc(N2CC(CC)(CC)NCC2C)cn1. The summed E-state index contributed by atoms with van der Waals surface area (Å²) in [7, 11) is 0. The molecule has 1 fully saturated rings. The van der Waals surface area contributed by atoms with Crippen molar-refractivity contribution in [1.29, 1.82) is 0 Å². The van der Waals surface area contributed by atoms with E-state index < -0.39 is 0 Å². The first-order chi connectivity index (χ1) is 8.64. The Kier molecular flexibility index (Phi) is 3.95. The molecule has 4 heteroatoms. The minimum Gasteiger partial charge on any atom is -0.363 e. The molecule has 1 aliphatic rings. The summed E-state index contributed by atoms with van der Waals surface area (Å²) < 4.78 is 2.00. The fourth-order valence-corrected chi connectivity index (χ4v) is 2.76. The fourth-order valence-electron chi connectivity index (χ4n) is 2.76. The van der Waals surface area contributed by atoms with Crippen molar-refractivity contribution < 1.29 is 0 Å². The summed E-state index contributed by atoms with van der Waals surface area (Å²) in [4.78, 5) is 2.50. The van der Waals surface area contributed by atoms with Crippen LogP contribution in [0, 0.1) is 0 Å². The molecule has 1 aromatic rings. The zero-order valence-corrected chi connectivity index (χ0v) is 12.1.